The number of hydrogen-bond acceptors (Lipinski definition) is 24. The third-order valence-electron chi connectivity index (χ3n) is 23.9. The van der Waals surface area contributed by atoms with Crippen molar-refractivity contribution < 1.29 is 9.59 Å². The van der Waals surface area contributed by atoms with Gasteiger partial charge in [-0.15, -0.1) is 0 Å². The molecule has 32 heteroatoms. The minimum Gasteiger partial charge on any atom is -0.366 e. The monoisotopic (exact) mass is 1510 g/mol. The first-order valence-corrected chi connectivity index (χ1v) is 39.3. The lowest BCUT2D eigenvalue weighted by atomic mass is 9.71. The first-order valence-electron chi connectivity index (χ1n) is 38.5. The minimum absolute atomic E-state index is 0.0655. The number of halogens is 2. The van der Waals surface area contributed by atoms with Gasteiger partial charge in [0, 0.05) is 149 Å². The molecule has 8 aromatic heterocycles. The van der Waals surface area contributed by atoms with Crippen molar-refractivity contribution in [2.75, 3.05) is 108 Å². The zero-order valence-electron chi connectivity index (χ0n) is 63.7. The molecule has 0 radical (unpaired) electrons. The maximum absolute atomic E-state index is 12.0. The molecule has 8 aromatic rings. The van der Waals surface area contributed by atoms with Crippen molar-refractivity contribution in [1.82, 2.24) is 99.4 Å². The Kier molecular flexibility index (Phi) is 24.6. The highest BCUT2D eigenvalue weighted by Crippen LogP contribution is 2.48. The van der Waals surface area contributed by atoms with Gasteiger partial charge in [0.15, 0.2) is 11.6 Å². The van der Waals surface area contributed by atoms with E-state index >= 15 is 0 Å². The van der Waals surface area contributed by atoms with Crippen LogP contribution in [0.15, 0.2) is 99.1 Å². The molecule has 8 aliphatic rings. The number of hydrogen-bond donors (Lipinski definition) is 8. The fraction of sp³-hybridized carbons (Fsp3) is 0.579. The highest BCUT2D eigenvalue weighted by molar-refractivity contribution is 6.33. The lowest BCUT2D eigenvalue weighted by molar-refractivity contribution is -0.130. The standard InChI is InChI=1S/C21H29N7O.C20H28ClN7O.C18H27N7.C17H24ClN7/c1-4-19(29)28-12-10-21(15-28)8-5-17(6-9-21)27(3)18-7-11-22-20(25-18)24-16-13-23-26(2)14-16;1-3-17(29)28-9-8-20(13-28)6-4-14(5-7-20)24-18-16(21)11-22-19(26-18)25-15-10-23-27(2)12-15;1-24-12-14(11-21-24)22-17-20-9-5-16(23-17)25(2)15-3-6-18(7-4-15)8-10-19-13-18;1-25-10-13(8-21-25)23-16-20-9-14(18)15(24-16)22-12-2-4-17(5-3-12)6-7-19-11-17/h4,7,11,13-14,17H,1,5-6,8-10,12,15H2,2-3H3,(H,22,24,25);10-12,14H,3-9,13H2,1-2H3,(H2,22,24,25,26);5,9,11-12,15,19H,3-4,6-8,10,13H2,1-2H3,(H,20,22,23);8-10,12,19H,2-7,11H2,1H3,(H2,20,22,23,24). The van der Waals surface area contributed by atoms with E-state index in [1.54, 1.807) is 62.1 Å². The summed E-state index contributed by atoms with van der Waals surface area (Å²) >= 11 is 12.6. The van der Waals surface area contributed by atoms with Gasteiger partial charge in [-0.2, -0.15) is 40.3 Å². The van der Waals surface area contributed by atoms with E-state index in [1.807, 2.05) is 88.0 Å². The molecule has 4 saturated carbocycles. The number of nitrogens with one attached hydrogen (secondary N) is 8. The summed E-state index contributed by atoms with van der Waals surface area (Å²) in [5.41, 5.74) is 5.12. The lowest BCUT2D eigenvalue weighted by Crippen LogP contribution is -2.41. The van der Waals surface area contributed by atoms with Gasteiger partial charge in [0.2, 0.25) is 35.6 Å². The van der Waals surface area contributed by atoms with Gasteiger partial charge >= 0.3 is 0 Å². The SMILES string of the molecule is C=CC(=O)N1CCC2(CCC(N(C)c3ccnc(Nc4cnn(C)c4)n3)CC2)C1.CCC(=O)N1CCC2(CCC(Nc3nc(Nc4cnn(C)c4)ncc3Cl)CC2)C1.CN(c1ccnc(Nc2cnn(C)c2)n1)C1CCC2(CCNC2)CC1.Cn1cc(Nc2ncc(Cl)c(NC3CCC4(CCNC4)CC3)n2)cn1. The minimum atomic E-state index is 0.0655. The van der Waals surface area contributed by atoms with Gasteiger partial charge in [-0.3, -0.25) is 28.3 Å². The largest absolute Gasteiger partial charge is 0.366 e. The molecule has 0 aromatic carbocycles. The first kappa shape index (κ1) is 76.9. The highest BCUT2D eigenvalue weighted by Gasteiger charge is 2.45. The van der Waals surface area contributed by atoms with Gasteiger partial charge in [0.05, 0.1) is 59.9 Å². The average molecular weight is 1520 g/mol. The lowest BCUT2D eigenvalue weighted by Gasteiger charge is -2.40. The summed E-state index contributed by atoms with van der Waals surface area (Å²) in [5.74, 6) is 5.80. The van der Waals surface area contributed by atoms with Crippen molar-refractivity contribution in [3.8, 4) is 0 Å². The number of rotatable bonds is 18. The second kappa shape index (κ2) is 34.5. The van der Waals surface area contributed by atoms with Crippen molar-refractivity contribution in [2.45, 2.75) is 166 Å². The molecule has 4 aliphatic heterocycles. The maximum atomic E-state index is 12.0. The molecular weight excluding hydrogens is 1410 g/mol. The Labute approximate surface area is 643 Å². The molecule has 4 aliphatic carbocycles. The molecule has 4 spiro atoms. The van der Waals surface area contributed by atoms with E-state index in [0.717, 1.165) is 138 Å². The second-order valence-electron chi connectivity index (χ2n) is 31.4. The topological polar surface area (TPSA) is 318 Å². The van der Waals surface area contributed by atoms with Crippen LogP contribution in [0.3, 0.4) is 0 Å². The number of carbonyl (C=O) groups excluding carboxylic acids is 2. The van der Waals surface area contributed by atoms with Crippen LogP contribution >= 0.6 is 23.2 Å². The van der Waals surface area contributed by atoms with Gasteiger partial charge in [-0.05, 0) is 181 Å². The molecular formula is C76H108Cl2N28O2. The van der Waals surface area contributed by atoms with Crippen LogP contribution in [-0.2, 0) is 37.8 Å². The number of nitrogens with zero attached hydrogens (tertiary/aromatic N) is 20. The summed E-state index contributed by atoms with van der Waals surface area (Å²) < 4.78 is 6.94. The van der Waals surface area contributed by atoms with Crippen LogP contribution in [0.2, 0.25) is 10.0 Å². The molecule has 0 atom stereocenters. The fourth-order valence-corrected chi connectivity index (χ4v) is 17.6. The Morgan fingerprint density at radius 3 is 1.22 bits per heavy atom. The van der Waals surface area contributed by atoms with Gasteiger partial charge in [0.25, 0.3) is 0 Å². The molecule has 578 valence electrons. The van der Waals surface area contributed by atoms with Crippen LogP contribution in [0.25, 0.3) is 0 Å². The zero-order chi connectivity index (χ0) is 75.4. The van der Waals surface area contributed by atoms with Crippen LogP contribution in [0.4, 0.5) is 69.8 Å². The molecule has 12 heterocycles. The van der Waals surface area contributed by atoms with Gasteiger partial charge in [-0.25, -0.2) is 19.9 Å². The van der Waals surface area contributed by atoms with Gasteiger partial charge in [-0.1, -0.05) is 36.7 Å². The predicted molar refractivity (Wildman–Crippen MR) is 425 cm³/mol. The zero-order valence-corrected chi connectivity index (χ0v) is 65.2. The smallest absolute Gasteiger partial charge is 0.245 e. The number of aryl methyl sites for hydroxylation is 4. The molecule has 0 bridgehead atoms. The van der Waals surface area contributed by atoms with E-state index in [4.69, 9.17) is 33.2 Å². The predicted octanol–water partition coefficient (Wildman–Crippen LogP) is 11.6. The number of carbonyl (C=O) groups is 2. The number of anilines is 12. The van der Waals surface area contributed by atoms with Crippen LogP contribution < -0.4 is 52.3 Å². The van der Waals surface area contributed by atoms with Crippen molar-refractivity contribution in [3.63, 3.8) is 0 Å². The molecule has 2 amide bonds. The highest BCUT2D eigenvalue weighted by atomic mass is 35.5. The van der Waals surface area contributed by atoms with Gasteiger partial charge in [0.1, 0.15) is 21.7 Å². The quantitative estimate of drug-likeness (QED) is 0.0370. The Balaban J connectivity index is 0.000000127. The van der Waals surface area contributed by atoms with Crippen molar-refractivity contribution in [2.24, 2.45) is 49.9 Å². The summed E-state index contributed by atoms with van der Waals surface area (Å²) in [5, 5.41) is 44.5. The van der Waals surface area contributed by atoms with E-state index in [-0.39, 0.29) is 17.2 Å². The van der Waals surface area contributed by atoms with E-state index < -0.39 is 0 Å². The normalized spacial score (nSPS) is 25.0. The van der Waals surface area contributed by atoms with Crippen LogP contribution in [0, 0.1) is 21.7 Å². The van der Waals surface area contributed by atoms with E-state index in [9.17, 15) is 9.59 Å². The number of amides is 2. The molecule has 8 fully saturated rings. The third kappa shape index (κ3) is 19.6. The van der Waals surface area contributed by atoms with Crippen LogP contribution in [-0.4, -0.2) is 191 Å². The van der Waals surface area contributed by atoms with E-state index in [2.05, 4.69) is 123 Å². The summed E-state index contributed by atoms with van der Waals surface area (Å²) in [7, 11) is 11.8. The van der Waals surface area contributed by atoms with Crippen molar-refractivity contribution in [1.29, 1.82) is 0 Å². The molecule has 108 heavy (non-hydrogen) atoms. The fourth-order valence-electron chi connectivity index (χ4n) is 17.3. The molecule has 4 saturated heterocycles. The molecule has 8 N–H and O–H groups in total. The second-order valence-corrected chi connectivity index (χ2v) is 32.2. The molecule has 16 rings (SSSR count). The average Bonchev–Trinajstić information content (AvgIpc) is 1.49. The first-order chi connectivity index (χ1) is 52.2. The summed E-state index contributed by atoms with van der Waals surface area (Å²) in [4.78, 5) is 68.2. The van der Waals surface area contributed by atoms with E-state index in [1.165, 1.54) is 83.6 Å². The Morgan fingerprint density at radius 1 is 0.500 bits per heavy atom. The number of likely N-dealkylation sites (tertiary alicyclic amines) is 2. The van der Waals surface area contributed by atoms with Gasteiger partial charge < -0.3 is 62.1 Å². The Bertz CT molecular complexity index is 4280. The molecule has 0 unspecified atom stereocenters. The number of aromatic nitrogens is 16. The Morgan fingerprint density at radius 2 is 0.861 bits per heavy atom. The summed E-state index contributed by atoms with van der Waals surface area (Å²) in [6.45, 7) is 13.9. The van der Waals surface area contributed by atoms with Crippen LogP contribution in [0.1, 0.15) is 142 Å². The van der Waals surface area contributed by atoms with Crippen molar-refractivity contribution >= 4 is 105 Å². The Hall–Kier alpha value is -9.26. The molecule has 30 nitrogen and oxygen atoms in total. The summed E-state index contributed by atoms with van der Waals surface area (Å²) in [6.07, 6.45) is 47.2. The summed E-state index contributed by atoms with van der Waals surface area (Å²) in [6, 6.07) is 5.72. The maximum Gasteiger partial charge on any atom is 0.245 e. The van der Waals surface area contributed by atoms with Crippen LogP contribution in [0.5, 0.6) is 0 Å². The van der Waals surface area contributed by atoms with E-state index in [0.29, 0.717) is 92.3 Å². The third-order valence-corrected chi connectivity index (χ3v) is 24.5. The van der Waals surface area contributed by atoms with Crippen molar-refractivity contribution in [3.05, 3.63) is 109 Å².